The van der Waals surface area contributed by atoms with E-state index in [-0.39, 0.29) is 23.3 Å². The maximum absolute atomic E-state index is 12.9. The van der Waals surface area contributed by atoms with Gasteiger partial charge in [0.1, 0.15) is 11.6 Å². The van der Waals surface area contributed by atoms with Crippen LogP contribution in [0.3, 0.4) is 0 Å². The van der Waals surface area contributed by atoms with Crippen LogP contribution in [0.15, 0.2) is 52.9 Å². The van der Waals surface area contributed by atoms with Crippen molar-refractivity contribution in [2.45, 2.75) is 6.61 Å². The summed E-state index contributed by atoms with van der Waals surface area (Å²) in [4.78, 5) is 0. The summed E-state index contributed by atoms with van der Waals surface area (Å²) in [6.07, 6.45) is 0. The number of hydrogen-bond donors (Lipinski definition) is 0. The van der Waals surface area contributed by atoms with Gasteiger partial charge in [-0.2, -0.15) is 8.78 Å². The number of rotatable bonds is 4. The second-order valence-corrected chi connectivity index (χ2v) is 4.32. The molecule has 0 aliphatic heterocycles. The van der Waals surface area contributed by atoms with E-state index in [0.29, 0.717) is 11.1 Å². The molecule has 1 heterocycles. The maximum atomic E-state index is 12.9. The van der Waals surface area contributed by atoms with Gasteiger partial charge in [0, 0.05) is 11.1 Å². The summed E-state index contributed by atoms with van der Waals surface area (Å²) in [7, 11) is 0. The molecule has 0 aliphatic carbocycles. The molecule has 7 heteroatoms. The monoisotopic (exact) mass is 306 g/mol. The minimum atomic E-state index is -2.88. The molecule has 3 rings (SSSR count). The third-order valence-electron chi connectivity index (χ3n) is 2.84. The van der Waals surface area contributed by atoms with E-state index in [1.54, 1.807) is 0 Å². The number of benzene rings is 2. The first-order valence-electron chi connectivity index (χ1n) is 6.26. The van der Waals surface area contributed by atoms with Gasteiger partial charge < -0.3 is 9.15 Å². The zero-order valence-corrected chi connectivity index (χ0v) is 11.0. The number of hydrogen-bond acceptors (Lipinski definition) is 4. The highest BCUT2D eigenvalue weighted by atomic mass is 19.3. The molecular formula is C15H9F3N2O2. The topological polar surface area (TPSA) is 48.2 Å². The van der Waals surface area contributed by atoms with Crippen molar-refractivity contribution in [3.63, 3.8) is 0 Å². The summed E-state index contributed by atoms with van der Waals surface area (Å²) in [6, 6.07) is 11.4. The van der Waals surface area contributed by atoms with E-state index in [1.807, 2.05) is 0 Å². The summed E-state index contributed by atoms with van der Waals surface area (Å²) < 4.78 is 46.8. The minimum absolute atomic E-state index is 0.0389. The first-order chi connectivity index (χ1) is 10.6. The van der Waals surface area contributed by atoms with Crippen LogP contribution in [0, 0.1) is 5.82 Å². The summed E-state index contributed by atoms with van der Waals surface area (Å²) in [5.41, 5.74) is 1.14. The number of alkyl halides is 2. The van der Waals surface area contributed by atoms with Crippen molar-refractivity contribution in [2.24, 2.45) is 0 Å². The van der Waals surface area contributed by atoms with Gasteiger partial charge in [0.05, 0.1) is 0 Å². The van der Waals surface area contributed by atoms with Crippen molar-refractivity contribution in [1.29, 1.82) is 0 Å². The van der Waals surface area contributed by atoms with Gasteiger partial charge in [0.15, 0.2) is 0 Å². The van der Waals surface area contributed by atoms with Crippen LogP contribution in [0.25, 0.3) is 22.9 Å². The molecule has 112 valence electrons. The van der Waals surface area contributed by atoms with Crippen LogP contribution in [0.1, 0.15) is 0 Å². The Balaban J connectivity index is 1.82. The van der Waals surface area contributed by atoms with Crippen molar-refractivity contribution in [1.82, 2.24) is 10.2 Å². The van der Waals surface area contributed by atoms with Crippen molar-refractivity contribution in [3.8, 4) is 28.7 Å². The Hall–Kier alpha value is -2.83. The molecule has 0 N–H and O–H groups in total. The third kappa shape index (κ3) is 3.08. The van der Waals surface area contributed by atoms with Gasteiger partial charge in [-0.15, -0.1) is 10.2 Å². The van der Waals surface area contributed by atoms with E-state index < -0.39 is 6.61 Å². The zero-order valence-electron chi connectivity index (χ0n) is 11.0. The second kappa shape index (κ2) is 5.88. The maximum Gasteiger partial charge on any atom is 0.387 e. The van der Waals surface area contributed by atoms with Crippen molar-refractivity contribution in [3.05, 3.63) is 54.3 Å². The largest absolute Gasteiger partial charge is 0.435 e. The normalized spacial score (nSPS) is 10.9. The van der Waals surface area contributed by atoms with Crippen LogP contribution in [-0.2, 0) is 0 Å². The zero-order chi connectivity index (χ0) is 15.5. The number of halogens is 3. The van der Waals surface area contributed by atoms with Crippen LogP contribution in [0.5, 0.6) is 5.75 Å². The van der Waals surface area contributed by atoms with Gasteiger partial charge in [0.25, 0.3) is 0 Å². The first kappa shape index (κ1) is 14.1. The highest BCUT2D eigenvalue weighted by Crippen LogP contribution is 2.25. The van der Waals surface area contributed by atoms with Gasteiger partial charge in [-0.3, -0.25) is 0 Å². The van der Waals surface area contributed by atoms with Crippen LogP contribution >= 0.6 is 0 Å². The molecule has 4 nitrogen and oxygen atoms in total. The average molecular weight is 306 g/mol. The average Bonchev–Trinajstić information content (AvgIpc) is 2.98. The quantitative estimate of drug-likeness (QED) is 0.726. The summed E-state index contributed by atoms with van der Waals surface area (Å²) >= 11 is 0. The van der Waals surface area contributed by atoms with Crippen LogP contribution in [-0.4, -0.2) is 16.8 Å². The van der Waals surface area contributed by atoms with Gasteiger partial charge in [-0.1, -0.05) is 0 Å². The van der Waals surface area contributed by atoms with Crippen molar-refractivity contribution >= 4 is 0 Å². The van der Waals surface area contributed by atoms with Crippen molar-refractivity contribution in [2.75, 3.05) is 0 Å². The Kier molecular flexibility index (Phi) is 3.78. The predicted octanol–water partition coefficient (Wildman–Crippen LogP) is 4.14. The van der Waals surface area contributed by atoms with Gasteiger partial charge in [0.2, 0.25) is 11.8 Å². The fourth-order valence-corrected chi connectivity index (χ4v) is 1.83. The molecule has 0 saturated heterocycles. The fraction of sp³-hybridized carbons (Fsp3) is 0.0667. The second-order valence-electron chi connectivity index (χ2n) is 4.32. The standard InChI is InChI=1S/C15H9F3N2O2/c16-11-5-1-9(2-6-11)13-19-20-14(22-13)10-3-7-12(8-4-10)21-15(17)18/h1-8,15H. The van der Waals surface area contributed by atoms with E-state index in [4.69, 9.17) is 4.42 Å². The smallest absolute Gasteiger partial charge is 0.387 e. The van der Waals surface area contributed by atoms with Gasteiger partial charge >= 0.3 is 6.61 Å². The predicted molar refractivity (Wildman–Crippen MR) is 71.8 cm³/mol. The molecule has 1 aromatic heterocycles. The molecule has 22 heavy (non-hydrogen) atoms. The SMILES string of the molecule is Fc1ccc(-c2nnc(-c3ccc(OC(F)F)cc3)o2)cc1. The van der Waals surface area contributed by atoms with Crippen LogP contribution < -0.4 is 4.74 Å². The van der Waals surface area contributed by atoms with E-state index in [2.05, 4.69) is 14.9 Å². The molecule has 0 amide bonds. The van der Waals surface area contributed by atoms with Gasteiger partial charge in [-0.05, 0) is 48.5 Å². The van der Waals surface area contributed by atoms with Crippen LogP contribution in [0.4, 0.5) is 13.2 Å². The lowest BCUT2D eigenvalue weighted by Crippen LogP contribution is -2.01. The molecule has 3 aromatic rings. The molecule has 0 aliphatic rings. The third-order valence-corrected chi connectivity index (χ3v) is 2.84. The molecule has 0 radical (unpaired) electrons. The molecule has 0 atom stereocenters. The molecule has 0 unspecified atom stereocenters. The lowest BCUT2D eigenvalue weighted by atomic mass is 10.2. The number of ether oxygens (including phenoxy) is 1. The lowest BCUT2D eigenvalue weighted by molar-refractivity contribution is -0.0498. The summed E-state index contributed by atoms with van der Waals surface area (Å²) in [6.45, 7) is -2.88. The molecule has 0 spiro atoms. The van der Waals surface area contributed by atoms with E-state index in [9.17, 15) is 13.2 Å². The fourth-order valence-electron chi connectivity index (χ4n) is 1.83. The summed E-state index contributed by atoms with van der Waals surface area (Å²) in [5, 5.41) is 7.75. The molecular weight excluding hydrogens is 297 g/mol. The number of nitrogens with zero attached hydrogens (tertiary/aromatic N) is 2. The Morgan fingerprint density at radius 3 is 1.82 bits per heavy atom. The Morgan fingerprint density at radius 2 is 1.32 bits per heavy atom. The highest BCUT2D eigenvalue weighted by molar-refractivity contribution is 5.58. The highest BCUT2D eigenvalue weighted by Gasteiger charge is 2.11. The minimum Gasteiger partial charge on any atom is -0.435 e. The Bertz CT molecular complexity index is 755. The molecule has 2 aromatic carbocycles. The van der Waals surface area contributed by atoms with Crippen LogP contribution in [0.2, 0.25) is 0 Å². The number of aromatic nitrogens is 2. The lowest BCUT2D eigenvalue weighted by Gasteiger charge is -2.03. The molecule has 0 bridgehead atoms. The molecule has 0 fully saturated rings. The molecule has 0 saturated carbocycles. The Labute approximate surface area is 123 Å². The van der Waals surface area contributed by atoms with Crippen molar-refractivity contribution < 1.29 is 22.3 Å². The first-order valence-corrected chi connectivity index (χ1v) is 6.26. The van der Waals surface area contributed by atoms with E-state index >= 15 is 0 Å². The van der Waals surface area contributed by atoms with Gasteiger partial charge in [-0.25, -0.2) is 4.39 Å². The van der Waals surface area contributed by atoms with E-state index in [0.717, 1.165) is 0 Å². The van der Waals surface area contributed by atoms with E-state index in [1.165, 1.54) is 48.5 Å². The Morgan fingerprint density at radius 1 is 0.818 bits per heavy atom. The summed E-state index contributed by atoms with van der Waals surface area (Å²) in [5.74, 6) is 0.140.